The molecule has 0 radical (unpaired) electrons. The normalized spacial score (nSPS) is 27.8. The van der Waals surface area contributed by atoms with E-state index in [1.54, 1.807) is 23.1 Å². The van der Waals surface area contributed by atoms with E-state index in [0.29, 0.717) is 13.1 Å². The fourth-order valence-corrected chi connectivity index (χ4v) is 2.29. The van der Waals surface area contributed by atoms with Crippen molar-refractivity contribution in [3.05, 3.63) is 29.8 Å². The summed E-state index contributed by atoms with van der Waals surface area (Å²) in [4.78, 5) is 13.6. The number of ether oxygens (including phenoxy) is 1. The van der Waals surface area contributed by atoms with Crippen LogP contribution in [0.15, 0.2) is 24.3 Å². The van der Waals surface area contributed by atoms with Crippen molar-refractivity contribution in [2.75, 3.05) is 6.54 Å². The lowest BCUT2D eigenvalue weighted by Crippen LogP contribution is -2.60. The molecule has 2 unspecified atom stereocenters. The summed E-state index contributed by atoms with van der Waals surface area (Å²) in [5.41, 5.74) is 0.953. The molecule has 0 aromatic heterocycles. The molecule has 1 aromatic carbocycles. The molecule has 4 heteroatoms. The average Bonchev–Trinajstić information content (AvgIpc) is 2.19. The van der Waals surface area contributed by atoms with E-state index in [2.05, 4.69) is 0 Å². The number of fused-ring (bicyclic) bond motifs is 2. The first-order valence-electron chi connectivity index (χ1n) is 5.44. The number of phenols is 1. The summed E-state index contributed by atoms with van der Waals surface area (Å²) in [6, 6.07) is 7.01. The number of carbonyl (C=O) groups excluding carboxylic acids is 1. The van der Waals surface area contributed by atoms with Crippen LogP contribution in [0.1, 0.15) is 12.0 Å². The van der Waals surface area contributed by atoms with Crippen LogP contribution in [0.3, 0.4) is 0 Å². The van der Waals surface area contributed by atoms with Gasteiger partial charge in [-0.15, -0.1) is 0 Å². The number of aromatic hydroxyl groups is 1. The first kappa shape index (κ1) is 9.66. The van der Waals surface area contributed by atoms with Gasteiger partial charge in [0.25, 0.3) is 5.91 Å². The Kier molecular flexibility index (Phi) is 2.11. The van der Waals surface area contributed by atoms with Gasteiger partial charge in [-0.25, -0.2) is 0 Å². The minimum atomic E-state index is -0.212. The van der Waals surface area contributed by atoms with E-state index in [1.807, 2.05) is 6.07 Å². The van der Waals surface area contributed by atoms with Gasteiger partial charge < -0.3 is 14.7 Å². The van der Waals surface area contributed by atoms with Gasteiger partial charge in [0.1, 0.15) is 11.9 Å². The monoisotopic (exact) mass is 219 g/mol. The molecule has 0 aliphatic carbocycles. The fraction of sp³-hybridized carbons (Fsp3) is 0.417. The highest BCUT2D eigenvalue weighted by atomic mass is 16.5. The van der Waals surface area contributed by atoms with E-state index in [1.165, 1.54) is 0 Å². The van der Waals surface area contributed by atoms with Crippen molar-refractivity contribution in [3.8, 4) is 5.75 Å². The molecule has 3 aliphatic heterocycles. The maximum absolute atomic E-state index is 11.8. The van der Waals surface area contributed by atoms with Gasteiger partial charge in [-0.05, 0) is 17.7 Å². The third-order valence-electron chi connectivity index (χ3n) is 3.13. The third-order valence-corrected chi connectivity index (χ3v) is 3.13. The molecule has 1 N–H and O–H groups in total. The molecule has 0 saturated carbocycles. The number of benzene rings is 1. The first-order valence-corrected chi connectivity index (χ1v) is 5.44. The average molecular weight is 219 g/mol. The Hall–Kier alpha value is -1.55. The molecule has 16 heavy (non-hydrogen) atoms. The quantitative estimate of drug-likeness (QED) is 0.803. The molecule has 3 saturated heterocycles. The number of carbonyl (C=O) groups is 1. The molecule has 4 nitrogen and oxygen atoms in total. The number of morpholine rings is 1. The molecule has 84 valence electrons. The summed E-state index contributed by atoms with van der Waals surface area (Å²) in [5, 5.41) is 9.34. The second-order valence-corrected chi connectivity index (χ2v) is 4.37. The Morgan fingerprint density at radius 3 is 3.00 bits per heavy atom. The van der Waals surface area contributed by atoms with Crippen LogP contribution >= 0.6 is 0 Å². The Labute approximate surface area is 93.4 Å². The van der Waals surface area contributed by atoms with Gasteiger partial charge in [0, 0.05) is 19.5 Å². The Bertz CT molecular complexity index is 426. The van der Waals surface area contributed by atoms with Gasteiger partial charge >= 0.3 is 0 Å². The van der Waals surface area contributed by atoms with Gasteiger partial charge in [0.05, 0.1) is 6.10 Å². The zero-order valence-electron chi connectivity index (χ0n) is 8.80. The zero-order valence-corrected chi connectivity index (χ0v) is 8.80. The summed E-state index contributed by atoms with van der Waals surface area (Å²) >= 11 is 0. The summed E-state index contributed by atoms with van der Waals surface area (Å²) in [6.07, 6.45) is 0.881. The molecule has 3 fully saturated rings. The predicted octanol–water partition coefficient (Wildman–Crippen LogP) is 0.892. The highest BCUT2D eigenvalue weighted by molar-refractivity contribution is 5.83. The van der Waals surface area contributed by atoms with Gasteiger partial charge in [-0.3, -0.25) is 4.79 Å². The minimum Gasteiger partial charge on any atom is -0.508 e. The topological polar surface area (TPSA) is 49.8 Å². The second kappa shape index (κ2) is 3.49. The van der Waals surface area contributed by atoms with Crippen LogP contribution in [0.25, 0.3) is 0 Å². The molecular formula is C12H13NO3. The van der Waals surface area contributed by atoms with E-state index in [4.69, 9.17) is 4.74 Å². The summed E-state index contributed by atoms with van der Waals surface area (Å²) in [5.74, 6) is 0.314. The van der Waals surface area contributed by atoms with Crippen LogP contribution in [0, 0.1) is 0 Å². The highest BCUT2D eigenvalue weighted by Crippen LogP contribution is 2.30. The van der Waals surface area contributed by atoms with Gasteiger partial charge in [-0.1, -0.05) is 12.1 Å². The van der Waals surface area contributed by atoms with E-state index in [9.17, 15) is 9.90 Å². The van der Waals surface area contributed by atoms with Crippen LogP contribution in [0.2, 0.25) is 0 Å². The standard InChI is InChI=1S/C12H13NO3/c14-9-3-1-2-8(4-9)6-13-7-10-5-11(16-10)12(13)15/h1-4,10-11,14H,5-7H2. The first-order chi connectivity index (χ1) is 7.72. The van der Waals surface area contributed by atoms with E-state index >= 15 is 0 Å². The molecule has 1 aromatic rings. The van der Waals surface area contributed by atoms with Crippen LogP contribution in [-0.2, 0) is 16.1 Å². The van der Waals surface area contributed by atoms with Crippen molar-refractivity contribution in [1.82, 2.24) is 4.90 Å². The summed E-state index contributed by atoms with van der Waals surface area (Å²) in [6.45, 7) is 1.23. The van der Waals surface area contributed by atoms with Crippen molar-refractivity contribution < 1.29 is 14.6 Å². The molecule has 1 amide bonds. The SMILES string of the molecule is O=C1C2CC(CN1Cc1cccc(O)c1)O2. The largest absolute Gasteiger partial charge is 0.508 e. The smallest absolute Gasteiger partial charge is 0.252 e. The van der Waals surface area contributed by atoms with E-state index < -0.39 is 0 Å². The van der Waals surface area contributed by atoms with Crippen LogP contribution in [0.4, 0.5) is 0 Å². The maximum Gasteiger partial charge on any atom is 0.252 e. The van der Waals surface area contributed by atoms with Crippen molar-refractivity contribution in [3.63, 3.8) is 0 Å². The number of amides is 1. The summed E-state index contributed by atoms with van der Waals surface area (Å²) in [7, 11) is 0. The molecule has 3 aliphatic rings. The lowest BCUT2D eigenvalue weighted by molar-refractivity contribution is -0.199. The number of hydrogen-bond acceptors (Lipinski definition) is 3. The van der Waals surface area contributed by atoms with Gasteiger partial charge in [-0.2, -0.15) is 0 Å². The van der Waals surface area contributed by atoms with Crippen molar-refractivity contribution >= 4 is 5.91 Å². The fourth-order valence-electron chi connectivity index (χ4n) is 2.29. The van der Waals surface area contributed by atoms with E-state index in [0.717, 1.165) is 12.0 Å². The van der Waals surface area contributed by atoms with Crippen molar-refractivity contribution in [1.29, 1.82) is 0 Å². The van der Waals surface area contributed by atoms with Crippen LogP contribution < -0.4 is 0 Å². The molecule has 4 rings (SSSR count). The summed E-state index contributed by atoms with van der Waals surface area (Å²) < 4.78 is 5.34. The minimum absolute atomic E-state index is 0.0749. The molecule has 0 spiro atoms. The Morgan fingerprint density at radius 1 is 1.50 bits per heavy atom. The number of nitrogens with zero attached hydrogens (tertiary/aromatic N) is 1. The third kappa shape index (κ3) is 1.55. The molecular weight excluding hydrogens is 206 g/mol. The number of phenolic OH excluding ortho intramolecular Hbond substituents is 1. The van der Waals surface area contributed by atoms with Crippen LogP contribution in [0.5, 0.6) is 5.75 Å². The van der Waals surface area contributed by atoms with E-state index in [-0.39, 0.29) is 23.9 Å². The number of piperidine rings is 1. The Morgan fingerprint density at radius 2 is 2.31 bits per heavy atom. The molecule has 2 bridgehead atoms. The van der Waals surface area contributed by atoms with Crippen LogP contribution in [-0.4, -0.2) is 34.7 Å². The maximum atomic E-state index is 11.8. The van der Waals surface area contributed by atoms with Gasteiger partial charge in [0.2, 0.25) is 0 Å². The van der Waals surface area contributed by atoms with Crippen molar-refractivity contribution in [2.45, 2.75) is 25.2 Å². The lowest BCUT2D eigenvalue weighted by Gasteiger charge is -2.46. The number of hydrogen-bond donors (Lipinski definition) is 1. The van der Waals surface area contributed by atoms with Crippen molar-refractivity contribution in [2.24, 2.45) is 0 Å². The predicted molar refractivity (Wildman–Crippen MR) is 56.8 cm³/mol. The second-order valence-electron chi connectivity index (χ2n) is 4.37. The Balaban J connectivity index is 1.73. The number of rotatable bonds is 2. The van der Waals surface area contributed by atoms with Gasteiger partial charge in [0.15, 0.2) is 0 Å². The zero-order chi connectivity index (χ0) is 11.1. The highest BCUT2D eigenvalue weighted by Gasteiger charge is 2.44. The molecule has 3 heterocycles. The lowest BCUT2D eigenvalue weighted by atomic mass is 9.97. The molecule has 2 atom stereocenters.